The molecule has 1 N–H and O–H groups in total. The van der Waals surface area contributed by atoms with Crippen molar-refractivity contribution >= 4 is 22.3 Å². The topological polar surface area (TPSA) is 34.1 Å². The van der Waals surface area contributed by atoms with Crippen molar-refractivity contribution in [3.8, 4) is 5.75 Å². The lowest BCUT2D eigenvalue weighted by Gasteiger charge is -2.12. The van der Waals surface area contributed by atoms with E-state index in [2.05, 4.69) is 34.6 Å². The van der Waals surface area contributed by atoms with Gasteiger partial charge in [-0.25, -0.2) is 0 Å². The van der Waals surface area contributed by atoms with Gasteiger partial charge in [0.1, 0.15) is 12.4 Å². The normalized spacial score (nSPS) is 10.7. The summed E-state index contributed by atoms with van der Waals surface area (Å²) in [4.78, 5) is 4.59. The van der Waals surface area contributed by atoms with E-state index < -0.39 is 0 Å². The fraction of sp³-hybridized carbons (Fsp3) is 0.0870. The number of hydrogen-bond acceptors (Lipinski definition) is 3. The number of ether oxygens (including phenoxy) is 1. The van der Waals surface area contributed by atoms with Crippen LogP contribution < -0.4 is 10.1 Å². The molecule has 0 fully saturated rings. The van der Waals surface area contributed by atoms with Crippen LogP contribution in [0.2, 0.25) is 0 Å². The first-order valence-electron chi connectivity index (χ1n) is 8.68. The Hall–Kier alpha value is -3.33. The molecule has 128 valence electrons. The predicted octanol–water partition coefficient (Wildman–Crippen LogP) is 5.87. The molecule has 0 atom stereocenters. The van der Waals surface area contributed by atoms with Gasteiger partial charge in [-0.3, -0.25) is 4.98 Å². The highest BCUT2D eigenvalue weighted by atomic mass is 16.5. The van der Waals surface area contributed by atoms with Crippen molar-refractivity contribution in [3.63, 3.8) is 0 Å². The number of fused-ring (bicyclic) bond motifs is 1. The number of benzene rings is 3. The minimum Gasteiger partial charge on any atom is -0.489 e. The van der Waals surface area contributed by atoms with E-state index in [0.717, 1.165) is 39.3 Å². The Morgan fingerprint density at radius 3 is 2.38 bits per heavy atom. The number of aryl methyl sites for hydroxylation is 1. The second-order valence-corrected chi connectivity index (χ2v) is 6.25. The lowest BCUT2D eigenvalue weighted by Crippen LogP contribution is -1.96. The van der Waals surface area contributed by atoms with Gasteiger partial charge in [-0.05, 0) is 48.9 Å². The quantitative estimate of drug-likeness (QED) is 0.493. The highest BCUT2D eigenvalue weighted by Gasteiger charge is 2.04. The molecule has 0 unspecified atom stereocenters. The molecule has 0 bridgehead atoms. The van der Waals surface area contributed by atoms with Gasteiger partial charge in [0.25, 0.3) is 0 Å². The number of pyridine rings is 1. The van der Waals surface area contributed by atoms with Crippen LogP contribution in [-0.4, -0.2) is 4.98 Å². The van der Waals surface area contributed by atoms with Crippen molar-refractivity contribution in [1.29, 1.82) is 0 Å². The highest BCUT2D eigenvalue weighted by molar-refractivity contribution is 5.93. The average Bonchev–Trinajstić information content (AvgIpc) is 2.68. The Morgan fingerprint density at radius 1 is 0.846 bits per heavy atom. The van der Waals surface area contributed by atoms with Gasteiger partial charge >= 0.3 is 0 Å². The summed E-state index contributed by atoms with van der Waals surface area (Å²) >= 11 is 0. The second-order valence-electron chi connectivity index (χ2n) is 6.25. The largest absolute Gasteiger partial charge is 0.489 e. The Kier molecular flexibility index (Phi) is 4.52. The van der Waals surface area contributed by atoms with E-state index in [-0.39, 0.29) is 0 Å². The maximum Gasteiger partial charge on any atom is 0.119 e. The number of hydrogen-bond donors (Lipinski definition) is 1. The fourth-order valence-corrected chi connectivity index (χ4v) is 2.94. The molecule has 4 rings (SSSR count). The van der Waals surface area contributed by atoms with Crippen LogP contribution in [0.25, 0.3) is 10.9 Å². The molecule has 3 heteroatoms. The van der Waals surface area contributed by atoms with Crippen molar-refractivity contribution in [2.75, 3.05) is 5.32 Å². The summed E-state index contributed by atoms with van der Waals surface area (Å²) in [6, 6.07) is 28.5. The van der Waals surface area contributed by atoms with Gasteiger partial charge in [0.15, 0.2) is 0 Å². The molecule has 3 nitrogen and oxygen atoms in total. The third-order valence-corrected chi connectivity index (χ3v) is 4.23. The maximum atomic E-state index is 5.85. The van der Waals surface area contributed by atoms with E-state index in [0.29, 0.717) is 6.61 Å². The number of nitrogens with one attached hydrogen (secondary N) is 1. The molecule has 0 spiro atoms. The minimum atomic E-state index is 0.571. The Labute approximate surface area is 153 Å². The predicted molar refractivity (Wildman–Crippen MR) is 107 cm³/mol. The SMILES string of the molecule is Cc1cc(Nc2ccc(OCc3ccccc3)cc2)c2ccccc2n1. The lowest BCUT2D eigenvalue weighted by molar-refractivity contribution is 0.306. The van der Waals surface area contributed by atoms with E-state index in [9.17, 15) is 0 Å². The third kappa shape index (κ3) is 3.67. The van der Waals surface area contributed by atoms with Gasteiger partial charge in [-0.15, -0.1) is 0 Å². The summed E-state index contributed by atoms with van der Waals surface area (Å²) in [6.45, 7) is 2.58. The van der Waals surface area contributed by atoms with Gasteiger partial charge < -0.3 is 10.1 Å². The van der Waals surface area contributed by atoms with Gasteiger partial charge in [-0.2, -0.15) is 0 Å². The van der Waals surface area contributed by atoms with E-state index in [4.69, 9.17) is 4.74 Å². The van der Waals surface area contributed by atoms with E-state index >= 15 is 0 Å². The zero-order valence-electron chi connectivity index (χ0n) is 14.6. The standard InChI is InChI=1S/C23H20N2O/c1-17-15-23(21-9-5-6-10-22(21)24-17)25-19-11-13-20(14-12-19)26-16-18-7-3-2-4-8-18/h2-15H,16H2,1H3,(H,24,25). The molecule has 0 saturated heterocycles. The van der Waals surface area contributed by atoms with Crippen LogP contribution in [-0.2, 0) is 6.61 Å². The molecule has 4 aromatic rings. The molecule has 1 aromatic heterocycles. The van der Waals surface area contributed by atoms with Crippen LogP contribution in [0, 0.1) is 6.92 Å². The van der Waals surface area contributed by atoms with Gasteiger partial charge in [0.2, 0.25) is 0 Å². The van der Waals surface area contributed by atoms with Crippen LogP contribution in [0.1, 0.15) is 11.3 Å². The van der Waals surface area contributed by atoms with Crippen molar-refractivity contribution in [2.24, 2.45) is 0 Å². The number of nitrogens with zero attached hydrogens (tertiary/aromatic N) is 1. The Bertz CT molecular complexity index is 1010. The molecule has 26 heavy (non-hydrogen) atoms. The number of aromatic nitrogens is 1. The minimum absolute atomic E-state index is 0.571. The summed E-state index contributed by atoms with van der Waals surface area (Å²) in [7, 11) is 0. The number of para-hydroxylation sites is 1. The van der Waals surface area contributed by atoms with Crippen molar-refractivity contribution in [1.82, 2.24) is 4.98 Å². The molecule has 1 heterocycles. The summed E-state index contributed by atoms with van der Waals surface area (Å²) in [5.74, 6) is 0.857. The van der Waals surface area contributed by atoms with Crippen LogP contribution >= 0.6 is 0 Å². The third-order valence-electron chi connectivity index (χ3n) is 4.23. The molecular weight excluding hydrogens is 320 g/mol. The second kappa shape index (κ2) is 7.28. The highest BCUT2D eigenvalue weighted by Crippen LogP contribution is 2.27. The smallest absolute Gasteiger partial charge is 0.119 e. The van der Waals surface area contributed by atoms with Gasteiger partial charge in [0, 0.05) is 22.5 Å². The first kappa shape index (κ1) is 16.2. The average molecular weight is 340 g/mol. The molecular formula is C23H20N2O. The van der Waals surface area contributed by atoms with E-state index in [1.165, 1.54) is 0 Å². The van der Waals surface area contributed by atoms with Crippen LogP contribution in [0.5, 0.6) is 5.75 Å². The van der Waals surface area contributed by atoms with Crippen molar-refractivity contribution in [3.05, 3.63) is 96.2 Å². The van der Waals surface area contributed by atoms with Crippen LogP contribution in [0.3, 0.4) is 0 Å². The van der Waals surface area contributed by atoms with Gasteiger partial charge in [-0.1, -0.05) is 48.5 Å². The zero-order valence-corrected chi connectivity index (χ0v) is 14.6. The fourth-order valence-electron chi connectivity index (χ4n) is 2.94. The summed E-state index contributed by atoms with van der Waals surface area (Å²) < 4.78 is 5.85. The number of anilines is 2. The van der Waals surface area contributed by atoms with Gasteiger partial charge in [0.05, 0.1) is 5.52 Å². The summed E-state index contributed by atoms with van der Waals surface area (Å²) in [6.07, 6.45) is 0. The molecule has 0 radical (unpaired) electrons. The zero-order chi connectivity index (χ0) is 17.8. The number of rotatable bonds is 5. The van der Waals surface area contributed by atoms with E-state index in [1.807, 2.05) is 67.6 Å². The molecule has 0 amide bonds. The Morgan fingerprint density at radius 2 is 1.58 bits per heavy atom. The van der Waals surface area contributed by atoms with Crippen LogP contribution in [0.4, 0.5) is 11.4 Å². The summed E-state index contributed by atoms with van der Waals surface area (Å²) in [5, 5.41) is 4.61. The molecule has 0 saturated carbocycles. The van der Waals surface area contributed by atoms with E-state index in [1.54, 1.807) is 0 Å². The Balaban J connectivity index is 1.49. The molecule has 0 aliphatic rings. The maximum absolute atomic E-state index is 5.85. The van der Waals surface area contributed by atoms with Crippen molar-refractivity contribution in [2.45, 2.75) is 13.5 Å². The molecule has 3 aromatic carbocycles. The van der Waals surface area contributed by atoms with Crippen molar-refractivity contribution < 1.29 is 4.74 Å². The lowest BCUT2D eigenvalue weighted by atomic mass is 10.1. The monoisotopic (exact) mass is 340 g/mol. The first-order valence-corrected chi connectivity index (χ1v) is 8.68. The van der Waals surface area contributed by atoms with Crippen LogP contribution in [0.15, 0.2) is 84.9 Å². The molecule has 0 aliphatic carbocycles. The summed E-state index contributed by atoms with van der Waals surface area (Å²) in [5.41, 5.74) is 5.24. The first-order chi connectivity index (χ1) is 12.8. The molecule has 0 aliphatic heterocycles.